The topological polar surface area (TPSA) is 84.9 Å². The molecular weight excluding hydrogens is 436 g/mol. The van der Waals surface area contributed by atoms with Crippen LogP contribution in [0.25, 0.3) is 0 Å². The highest BCUT2D eigenvalue weighted by Gasteiger charge is 2.28. The van der Waals surface area contributed by atoms with Gasteiger partial charge in [0.25, 0.3) is 0 Å². The Balaban J connectivity index is 1.66. The first-order chi connectivity index (χ1) is 14.8. The third kappa shape index (κ3) is 6.00. The average molecular weight is 465 g/mol. The van der Waals surface area contributed by atoms with Crippen molar-refractivity contribution in [3.05, 3.63) is 53.6 Å². The maximum atomic E-state index is 13.0. The van der Waals surface area contributed by atoms with E-state index in [1.807, 2.05) is 31.2 Å². The lowest BCUT2D eigenvalue weighted by molar-refractivity contribution is -0.115. The van der Waals surface area contributed by atoms with Crippen LogP contribution >= 0.6 is 11.8 Å². The van der Waals surface area contributed by atoms with E-state index in [1.54, 1.807) is 26.2 Å². The molecule has 0 aliphatic carbocycles. The van der Waals surface area contributed by atoms with Gasteiger partial charge in [0.05, 0.1) is 30.5 Å². The maximum Gasteiger partial charge on any atom is 0.243 e. The van der Waals surface area contributed by atoms with Crippen molar-refractivity contribution in [2.75, 3.05) is 38.7 Å². The zero-order valence-electron chi connectivity index (χ0n) is 18.0. The molecule has 1 fully saturated rings. The molecule has 1 saturated heterocycles. The van der Waals surface area contributed by atoms with Gasteiger partial charge in [-0.15, -0.1) is 11.8 Å². The van der Waals surface area contributed by atoms with E-state index in [0.717, 1.165) is 11.3 Å². The molecule has 3 rings (SSSR count). The zero-order chi connectivity index (χ0) is 22.4. The van der Waals surface area contributed by atoms with Crippen molar-refractivity contribution in [2.24, 2.45) is 0 Å². The largest absolute Gasteiger partial charge is 0.497 e. The van der Waals surface area contributed by atoms with Crippen molar-refractivity contribution in [1.82, 2.24) is 4.31 Å². The van der Waals surface area contributed by atoms with E-state index in [0.29, 0.717) is 43.3 Å². The fourth-order valence-corrected chi connectivity index (χ4v) is 5.68. The Labute approximate surface area is 188 Å². The Morgan fingerprint density at radius 1 is 1.23 bits per heavy atom. The van der Waals surface area contributed by atoms with Crippen molar-refractivity contribution >= 4 is 33.4 Å². The lowest BCUT2D eigenvalue weighted by Crippen LogP contribution is -2.40. The average Bonchev–Trinajstić information content (AvgIpc) is 2.79. The van der Waals surface area contributed by atoms with Crippen LogP contribution in [0, 0.1) is 6.92 Å². The second-order valence-corrected chi connectivity index (χ2v) is 10.5. The van der Waals surface area contributed by atoms with E-state index in [2.05, 4.69) is 5.32 Å². The van der Waals surface area contributed by atoms with Crippen LogP contribution in [0.1, 0.15) is 18.1 Å². The van der Waals surface area contributed by atoms with Gasteiger partial charge in [0.15, 0.2) is 0 Å². The van der Waals surface area contributed by atoms with Crippen LogP contribution < -0.4 is 10.1 Å². The molecule has 1 heterocycles. The van der Waals surface area contributed by atoms with Crippen molar-refractivity contribution in [1.29, 1.82) is 0 Å². The first kappa shape index (κ1) is 23.6. The van der Waals surface area contributed by atoms with E-state index in [-0.39, 0.29) is 16.1 Å². The first-order valence-corrected chi connectivity index (χ1v) is 12.5. The minimum Gasteiger partial charge on any atom is -0.497 e. The van der Waals surface area contributed by atoms with Crippen molar-refractivity contribution in [2.45, 2.75) is 29.7 Å². The number of methoxy groups -OCH3 is 1. The number of sulfonamides is 1. The first-order valence-electron chi connectivity index (χ1n) is 10.0. The monoisotopic (exact) mass is 464 g/mol. The summed E-state index contributed by atoms with van der Waals surface area (Å²) >= 11 is 1.50. The number of morpholine rings is 1. The summed E-state index contributed by atoms with van der Waals surface area (Å²) in [5.41, 5.74) is 2.18. The van der Waals surface area contributed by atoms with Crippen molar-refractivity contribution in [3.8, 4) is 5.75 Å². The Morgan fingerprint density at radius 2 is 1.97 bits per heavy atom. The summed E-state index contributed by atoms with van der Waals surface area (Å²) in [5, 5.41) is 2.54. The normalized spacial score (nSPS) is 16.0. The molecule has 168 valence electrons. The number of ether oxygens (including phenoxy) is 2. The Bertz CT molecular complexity index is 1020. The summed E-state index contributed by atoms with van der Waals surface area (Å²) in [5.74, 6) is 1.27. The van der Waals surface area contributed by atoms with Gasteiger partial charge in [-0.3, -0.25) is 4.79 Å². The fraction of sp³-hybridized carbons (Fsp3) is 0.409. The van der Waals surface area contributed by atoms with E-state index >= 15 is 0 Å². The summed E-state index contributed by atoms with van der Waals surface area (Å²) in [7, 11) is -2.02. The van der Waals surface area contributed by atoms with E-state index < -0.39 is 10.0 Å². The summed E-state index contributed by atoms with van der Waals surface area (Å²) in [6.45, 7) is 5.02. The number of hydrogen-bond donors (Lipinski definition) is 1. The molecule has 0 spiro atoms. The predicted octanol–water partition coefficient (Wildman–Crippen LogP) is 3.28. The van der Waals surface area contributed by atoms with Crippen LogP contribution in [0.3, 0.4) is 0 Å². The molecule has 2 aromatic rings. The second kappa shape index (κ2) is 10.5. The molecule has 0 radical (unpaired) electrons. The van der Waals surface area contributed by atoms with Crippen molar-refractivity contribution in [3.63, 3.8) is 0 Å². The molecular formula is C22H28N2O5S2. The van der Waals surface area contributed by atoms with Crippen LogP contribution in [0.5, 0.6) is 5.75 Å². The molecule has 7 nitrogen and oxygen atoms in total. The number of nitrogens with one attached hydrogen (secondary N) is 1. The number of carbonyl (C=O) groups is 1. The minimum atomic E-state index is -3.64. The Hall–Kier alpha value is -2.07. The van der Waals surface area contributed by atoms with Crippen LogP contribution in [-0.2, 0) is 25.3 Å². The summed E-state index contributed by atoms with van der Waals surface area (Å²) in [4.78, 5) is 12.9. The van der Waals surface area contributed by atoms with Gasteiger partial charge in [0.1, 0.15) is 5.75 Å². The van der Waals surface area contributed by atoms with E-state index in [1.165, 1.54) is 22.1 Å². The highest BCUT2D eigenvalue weighted by atomic mass is 32.2. The van der Waals surface area contributed by atoms with Crippen LogP contribution in [0.15, 0.2) is 47.4 Å². The summed E-state index contributed by atoms with van der Waals surface area (Å²) < 4.78 is 38.0. The molecule has 1 atom stereocenters. The number of amides is 1. The molecule has 1 aliphatic heterocycles. The SMILES string of the molecule is COc1cccc(CSC(C)C(=O)Nc2ccc(C)c(S(=O)(=O)N3CCOCC3)c2)c1. The van der Waals surface area contributed by atoms with Gasteiger partial charge >= 0.3 is 0 Å². The zero-order valence-corrected chi connectivity index (χ0v) is 19.6. The summed E-state index contributed by atoms with van der Waals surface area (Å²) in [6, 6.07) is 12.7. The summed E-state index contributed by atoms with van der Waals surface area (Å²) in [6.07, 6.45) is 0. The minimum absolute atomic E-state index is 0.175. The molecule has 9 heteroatoms. The number of rotatable bonds is 8. The molecule has 2 aromatic carbocycles. The van der Waals surface area contributed by atoms with Crippen molar-refractivity contribution < 1.29 is 22.7 Å². The number of carbonyl (C=O) groups excluding carboxylic acids is 1. The maximum absolute atomic E-state index is 13.0. The molecule has 0 bridgehead atoms. The number of nitrogens with zero attached hydrogens (tertiary/aromatic N) is 1. The van der Waals surface area contributed by atoms with Gasteiger partial charge in [-0.1, -0.05) is 18.2 Å². The molecule has 0 aromatic heterocycles. The number of benzene rings is 2. The third-order valence-electron chi connectivity index (χ3n) is 5.05. The van der Waals surface area contributed by atoms with Gasteiger partial charge < -0.3 is 14.8 Å². The molecule has 1 N–H and O–H groups in total. The predicted molar refractivity (Wildman–Crippen MR) is 123 cm³/mol. The van der Waals surface area contributed by atoms with E-state index in [9.17, 15) is 13.2 Å². The van der Waals surface area contributed by atoms with Crippen LogP contribution in [0.2, 0.25) is 0 Å². The van der Waals surface area contributed by atoms with Gasteiger partial charge in [-0.25, -0.2) is 8.42 Å². The molecule has 1 amide bonds. The Morgan fingerprint density at radius 3 is 2.68 bits per heavy atom. The number of aryl methyl sites for hydroxylation is 1. The third-order valence-corrected chi connectivity index (χ3v) is 8.30. The van der Waals surface area contributed by atoms with Gasteiger partial charge in [0, 0.05) is 24.5 Å². The lowest BCUT2D eigenvalue weighted by Gasteiger charge is -2.27. The second-order valence-electron chi connectivity index (χ2n) is 7.29. The molecule has 1 unspecified atom stereocenters. The van der Waals surface area contributed by atoms with Gasteiger partial charge in [-0.2, -0.15) is 4.31 Å². The number of thioether (sulfide) groups is 1. The highest BCUT2D eigenvalue weighted by Crippen LogP contribution is 2.26. The number of hydrogen-bond acceptors (Lipinski definition) is 6. The standard InChI is InChI=1S/C22H28N2O5S2/c1-16-7-8-19(14-21(16)31(26,27)24-9-11-29-12-10-24)23-22(25)17(2)30-15-18-5-4-6-20(13-18)28-3/h4-8,13-14,17H,9-12,15H2,1-3H3,(H,23,25). The molecule has 1 aliphatic rings. The fourth-order valence-electron chi connectivity index (χ4n) is 3.18. The quantitative estimate of drug-likeness (QED) is 0.645. The van der Waals surface area contributed by atoms with Gasteiger partial charge in [0.2, 0.25) is 15.9 Å². The van der Waals surface area contributed by atoms with Crippen LogP contribution in [0.4, 0.5) is 5.69 Å². The van der Waals surface area contributed by atoms with Gasteiger partial charge in [-0.05, 0) is 49.2 Å². The molecule has 0 saturated carbocycles. The Kier molecular flexibility index (Phi) is 7.99. The molecule has 31 heavy (non-hydrogen) atoms. The van der Waals surface area contributed by atoms with Crippen LogP contribution in [-0.4, -0.2) is 57.3 Å². The number of anilines is 1. The highest BCUT2D eigenvalue weighted by molar-refractivity contribution is 7.99. The smallest absolute Gasteiger partial charge is 0.243 e. The van der Waals surface area contributed by atoms with E-state index in [4.69, 9.17) is 9.47 Å². The lowest BCUT2D eigenvalue weighted by atomic mass is 10.2.